The van der Waals surface area contributed by atoms with E-state index in [1.54, 1.807) is 0 Å². The molecule has 2 fully saturated rings. The Balaban J connectivity index is 1.24. The molecule has 1 N–H and O–H groups in total. The highest BCUT2D eigenvalue weighted by atomic mass is 16.4. The van der Waals surface area contributed by atoms with Crippen LogP contribution in [-0.2, 0) is 6.54 Å². The van der Waals surface area contributed by atoms with Crippen molar-refractivity contribution in [3.05, 3.63) is 29.5 Å². The van der Waals surface area contributed by atoms with Crippen LogP contribution in [0, 0.1) is 19.8 Å². The van der Waals surface area contributed by atoms with Gasteiger partial charge in [0.1, 0.15) is 5.76 Å². The summed E-state index contributed by atoms with van der Waals surface area (Å²) in [6, 6.07) is 0.662. The van der Waals surface area contributed by atoms with E-state index in [0.29, 0.717) is 12.0 Å². The van der Waals surface area contributed by atoms with Gasteiger partial charge in [-0.25, -0.2) is 4.98 Å². The Kier molecular flexibility index (Phi) is 7.10. The molecular formula is C23H38N6O. The Morgan fingerprint density at radius 2 is 1.93 bits per heavy atom. The first-order valence-corrected chi connectivity index (χ1v) is 11.7. The van der Waals surface area contributed by atoms with Gasteiger partial charge in [-0.3, -0.25) is 14.8 Å². The fraction of sp³-hybridized carbons (Fsp3) is 0.739. The van der Waals surface area contributed by atoms with Crippen molar-refractivity contribution in [1.29, 1.82) is 0 Å². The van der Waals surface area contributed by atoms with E-state index in [0.717, 1.165) is 82.2 Å². The second kappa shape index (κ2) is 9.96. The molecule has 1 aromatic heterocycles. The number of likely N-dealkylation sites (tertiary alicyclic amines) is 2. The number of rotatable bonds is 6. The molecule has 4 heterocycles. The Morgan fingerprint density at radius 1 is 1.17 bits per heavy atom. The monoisotopic (exact) mass is 414 g/mol. The Bertz CT molecular complexity index is 721. The minimum atomic E-state index is 0.662. The summed E-state index contributed by atoms with van der Waals surface area (Å²) in [6.45, 7) is 15.5. The van der Waals surface area contributed by atoms with Gasteiger partial charge in [0.2, 0.25) is 5.89 Å². The largest absolute Gasteiger partial charge is 0.444 e. The third-order valence-corrected chi connectivity index (χ3v) is 6.80. The summed E-state index contributed by atoms with van der Waals surface area (Å²) in [5.41, 5.74) is 1.01. The van der Waals surface area contributed by atoms with Crippen LogP contribution in [0.1, 0.15) is 43.5 Å². The van der Waals surface area contributed by atoms with E-state index in [1.807, 2.05) is 13.8 Å². The lowest BCUT2D eigenvalue weighted by Gasteiger charge is -2.31. The van der Waals surface area contributed by atoms with Gasteiger partial charge < -0.3 is 14.6 Å². The summed E-state index contributed by atoms with van der Waals surface area (Å²) < 4.78 is 5.76. The molecule has 0 spiro atoms. The van der Waals surface area contributed by atoms with Gasteiger partial charge in [-0.1, -0.05) is 12.2 Å². The average Bonchev–Trinajstić information content (AvgIpc) is 3.48. The predicted molar refractivity (Wildman–Crippen MR) is 121 cm³/mol. The number of hydrogen-bond acceptors (Lipinski definition) is 5. The van der Waals surface area contributed by atoms with E-state index in [9.17, 15) is 0 Å². The molecule has 0 bridgehead atoms. The average molecular weight is 415 g/mol. The molecule has 1 unspecified atom stereocenters. The standard InChI is InChI=1S/C23H38N6O/c1-4-24-23(29-14-9-21(16-29)28-10-5-6-11-28)25-15-20-7-12-27(13-8-20)17-22-26-18(2)19(3)30-22/h5-6,20-21H,4,7-17H2,1-3H3,(H,24,25). The van der Waals surface area contributed by atoms with Crippen LogP contribution in [0.25, 0.3) is 0 Å². The highest BCUT2D eigenvalue weighted by Gasteiger charge is 2.30. The van der Waals surface area contributed by atoms with Crippen molar-refractivity contribution < 1.29 is 4.42 Å². The molecule has 7 heteroatoms. The molecule has 1 aromatic rings. The second-order valence-corrected chi connectivity index (χ2v) is 8.98. The topological polar surface area (TPSA) is 60.1 Å². The lowest BCUT2D eigenvalue weighted by Crippen LogP contribution is -2.43. The number of oxazole rings is 1. The molecule has 3 aliphatic heterocycles. The van der Waals surface area contributed by atoms with Crippen LogP contribution in [0.5, 0.6) is 0 Å². The van der Waals surface area contributed by atoms with Gasteiger partial charge in [-0.2, -0.15) is 0 Å². The maximum atomic E-state index is 5.76. The zero-order valence-corrected chi connectivity index (χ0v) is 18.9. The summed E-state index contributed by atoms with van der Waals surface area (Å²) in [6.07, 6.45) is 8.22. The molecule has 166 valence electrons. The molecule has 30 heavy (non-hydrogen) atoms. The van der Waals surface area contributed by atoms with E-state index >= 15 is 0 Å². The number of guanidine groups is 1. The zero-order valence-electron chi connectivity index (χ0n) is 18.9. The number of nitrogens with one attached hydrogen (secondary N) is 1. The van der Waals surface area contributed by atoms with Crippen molar-refractivity contribution in [3.8, 4) is 0 Å². The molecule has 4 rings (SSSR count). The van der Waals surface area contributed by atoms with Crippen LogP contribution in [-0.4, -0.2) is 84.0 Å². The lowest BCUT2D eigenvalue weighted by molar-refractivity contribution is 0.166. The number of aryl methyl sites for hydroxylation is 2. The van der Waals surface area contributed by atoms with Crippen molar-refractivity contribution in [3.63, 3.8) is 0 Å². The highest BCUT2D eigenvalue weighted by molar-refractivity contribution is 5.80. The summed E-state index contributed by atoms with van der Waals surface area (Å²) in [5.74, 6) is 3.58. The van der Waals surface area contributed by atoms with Gasteiger partial charge in [0, 0.05) is 45.3 Å². The molecule has 7 nitrogen and oxygen atoms in total. The van der Waals surface area contributed by atoms with Crippen molar-refractivity contribution in [1.82, 2.24) is 25.0 Å². The van der Waals surface area contributed by atoms with Gasteiger partial charge in [0.25, 0.3) is 0 Å². The molecule has 0 saturated carbocycles. The van der Waals surface area contributed by atoms with Crippen LogP contribution in [0.4, 0.5) is 0 Å². The van der Waals surface area contributed by atoms with Crippen LogP contribution >= 0.6 is 0 Å². The number of aliphatic imine (C=N–C) groups is 1. The molecule has 0 aliphatic carbocycles. The highest BCUT2D eigenvalue weighted by Crippen LogP contribution is 2.21. The molecule has 3 aliphatic rings. The van der Waals surface area contributed by atoms with Gasteiger partial charge in [0.05, 0.1) is 12.2 Å². The molecule has 1 atom stereocenters. The third-order valence-electron chi connectivity index (χ3n) is 6.80. The quantitative estimate of drug-likeness (QED) is 0.438. The normalized spacial score (nSPS) is 24.3. The van der Waals surface area contributed by atoms with E-state index in [4.69, 9.17) is 9.41 Å². The van der Waals surface area contributed by atoms with Gasteiger partial charge in [0.15, 0.2) is 5.96 Å². The number of hydrogen-bond donors (Lipinski definition) is 1. The summed E-state index contributed by atoms with van der Waals surface area (Å²) >= 11 is 0. The molecule has 2 saturated heterocycles. The first-order chi connectivity index (χ1) is 14.6. The van der Waals surface area contributed by atoms with Crippen molar-refractivity contribution in [2.24, 2.45) is 10.9 Å². The fourth-order valence-corrected chi connectivity index (χ4v) is 4.79. The van der Waals surface area contributed by atoms with E-state index < -0.39 is 0 Å². The first kappa shape index (κ1) is 21.4. The summed E-state index contributed by atoms with van der Waals surface area (Å²) in [4.78, 5) is 17.1. The van der Waals surface area contributed by atoms with E-state index in [-0.39, 0.29) is 0 Å². The maximum absolute atomic E-state index is 5.76. The third kappa shape index (κ3) is 5.24. The molecule has 0 aromatic carbocycles. The molecule has 0 radical (unpaired) electrons. The second-order valence-electron chi connectivity index (χ2n) is 8.98. The van der Waals surface area contributed by atoms with E-state index in [2.05, 4.69) is 44.1 Å². The lowest BCUT2D eigenvalue weighted by atomic mass is 9.97. The minimum Gasteiger partial charge on any atom is -0.444 e. The van der Waals surface area contributed by atoms with Crippen molar-refractivity contribution >= 4 is 5.96 Å². The predicted octanol–water partition coefficient (Wildman–Crippen LogP) is 2.42. The Labute approximate surface area is 181 Å². The smallest absolute Gasteiger partial charge is 0.208 e. The molecular weight excluding hydrogens is 376 g/mol. The SMILES string of the molecule is CCNC(=NCC1CCN(Cc2nc(C)c(C)o2)CC1)N1CCC(N2CC=CC2)C1. The summed E-state index contributed by atoms with van der Waals surface area (Å²) in [7, 11) is 0. The molecule has 0 amide bonds. The van der Waals surface area contributed by atoms with Crippen LogP contribution in [0.15, 0.2) is 21.6 Å². The zero-order chi connectivity index (χ0) is 20.9. The van der Waals surface area contributed by atoms with Gasteiger partial charge >= 0.3 is 0 Å². The van der Waals surface area contributed by atoms with Gasteiger partial charge in [-0.05, 0) is 59.0 Å². The van der Waals surface area contributed by atoms with Crippen LogP contribution < -0.4 is 5.32 Å². The minimum absolute atomic E-state index is 0.662. The fourth-order valence-electron chi connectivity index (χ4n) is 4.79. The number of nitrogens with zero attached hydrogens (tertiary/aromatic N) is 5. The van der Waals surface area contributed by atoms with Gasteiger partial charge in [-0.15, -0.1) is 0 Å². The van der Waals surface area contributed by atoms with Crippen LogP contribution in [0.3, 0.4) is 0 Å². The first-order valence-electron chi connectivity index (χ1n) is 11.7. The summed E-state index contributed by atoms with van der Waals surface area (Å²) in [5, 5.41) is 3.54. The van der Waals surface area contributed by atoms with Crippen molar-refractivity contribution in [2.75, 3.05) is 52.4 Å². The van der Waals surface area contributed by atoms with Crippen LogP contribution in [0.2, 0.25) is 0 Å². The number of piperidine rings is 1. The Morgan fingerprint density at radius 3 is 2.60 bits per heavy atom. The number of aromatic nitrogens is 1. The Hall–Kier alpha value is -1.86. The maximum Gasteiger partial charge on any atom is 0.208 e. The van der Waals surface area contributed by atoms with Crippen molar-refractivity contribution in [2.45, 2.75) is 52.6 Å². The van der Waals surface area contributed by atoms with E-state index in [1.165, 1.54) is 19.3 Å².